The average Bonchev–Trinajstić information content (AvgIpc) is 2.41. The molecule has 3 nitrogen and oxygen atoms in total. The fourth-order valence-electron chi connectivity index (χ4n) is 2.91. The van der Waals surface area contributed by atoms with E-state index >= 15 is 0 Å². The SMILES string of the molecule is CC(=CC(=O)O)CN1CCC(Cc2ccccc2)CC1. The lowest BCUT2D eigenvalue weighted by atomic mass is 9.90. The van der Waals surface area contributed by atoms with Crippen LogP contribution in [0.1, 0.15) is 25.3 Å². The Bertz CT molecular complexity index is 459. The molecule has 108 valence electrons. The Kier molecular flexibility index (Phi) is 5.36. The topological polar surface area (TPSA) is 40.5 Å². The van der Waals surface area contributed by atoms with E-state index in [-0.39, 0.29) is 0 Å². The molecule has 0 radical (unpaired) electrons. The van der Waals surface area contributed by atoms with Gasteiger partial charge in [-0.3, -0.25) is 4.90 Å². The van der Waals surface area contributed by atoms with Crippen LogP contribution in [0.2, 0.25) is 0 Å². The molecule has 3 heteroatoms. The number of carboxylic acid groups (broad SMARTS) is 1. The zero-order chi connectivity index (χ0) is 14.4. The van der Waals surface area contributed by atoms with E-state index in [4.69, 9.17) is 5.11 Å². The summed E-state index contributed by atoms with van der Waals surface area (Å²) in [6, 6.07) is 10.7. The molecule has 1 heterocycles. The second-order valence-electron chi connectivity index (χ2n) is 5.74. The summed E-state index contributed by atoms with van der Waals surface area (Å²) in [4.78, 5) is 13.0. The number of carbonyl (C=O) groups is 1. The summed E-state index contributed by atoms with van der Waals surface area (Å²) < 4.78 is 0. The Hall–Kier alpha value is -1.61. The normalized spacial score (nSPS) is 18.1. The van der Waals surface area contributed by atoms with Gasteiger partial charge in [0.25, 0.3) is 0 Å². The highest BCUT2D eigenvalue weighted by molar-refractivity contribution is 5.80. The van der Waals surface area contributed by atoms with Crippen molar-refractivity contribution in [2.45, 2.75) is 26.2 Å². The fourth-order valence-corrected chi connectivity index (χ4v) is 2.91. The monoisotopic (exact) mass is 273 g/mol. The van der Waals surface area contributed by atoms with Crippen molar-refractivity contribution in [3.05, 3.63) is 47.5 Å². The maximum atomic E-state index is 10.6. The second kappa shape index (κ2) is 7.25. The number of benzene rings is 1. The fraction of sp³-hybridized carbons (Fsp3) is 0.471. The van der Waals surface area contributed by atoms with Crippen LogP contribution in [-0.2, 0) is 11.2 Å². The quantitative estimate of drug-likeness (QED) is 0.838. The molecule has 1 N–H and O–H groups in total. The Labute approximate surface area is 120 Å². The summed E-state index contributed by atoms with van der Waals surface area (Å²) in [5, 5.41) is 8.72. The summed E-state index contributed by atoms with van der Waals surface area (Å²) in [6.45, 7) is 4.82. The maximum Gasteiger partial charge on any atom is 0.328 e. The van der Waals surface area contributed by atoms with Crippen molar-refractivity contribution in [3.63, 3.8) is 0 Å². The van der Waals surface area contributed by atoms with E-state index in [1.165, 1.54) is 30.9 Å². The summed E-state index contributed by atoms with van der Waals surface area (Å²) in [5.74, 6) is -0.0844. The van der Waals surface area contributed by atoms with Crippen LogP contribution in [0.3, 0.4) is 0 Å². The number of hydrogen-bond acceptors (Lipinski definition) is 2. The average molecular weight is 273 g/mol. The summed E-state index contributed by atoms with van der Waals surface area (Å²) >= 11 is 0. The molecular formula is C17H23NO2. The van der Waals surface area contributed by atoms with Gasteiger partial charge in [-0.25, -0.2) is 4.79 Å². The van der Waals surface area contributed by atoms with Crippen molar-refractivity contribution < 1.29 is 9.90 Å². The largest absolute Gasteiger partial charge is 0.478 e. The third-order valence-corrected chi connectivity index (χ3v) is 3.92. The zero-order valence-corrected chi connectivity index (χ0v) is 12.1. The number of carboxylic acids is 1. The van der Waals surface area contributed by atoms with Crippen LogP contribution < -0.4 is 0 Å². The van der Waals surface area contributed by atoms with Crippen LogP contribution in [0.4, 0.5) is 0 Å². The molecule has 0 aliphatic carbocycles. The molecule has 1 aliphatic rings. The van der Waals surface area contributed by atoms with Gasteiger partial charge in [-0.2, -0.15) is 0 Å². The van der Waals surface area contributed by atoms with Crippen LogP contribution in [0.25, 0.3) is 0 Å². The van der Waals surface area contributed by atoms with Gasteiger partial charge in [-0.05, 0) is 50.8 Å². The highest BCUT2D eigenvalue weighted by Crippen LogP contribution is 2.22. The second-order valence-corrected chi connectivity index (χ2v) is 5.74. The van der Waals surface area contributed by atoms with Gasteiger partial charge in [0.15, 0.2) is 0 Å². The van der Waals surface area contributed by atoms with Gasteiger partial charge < -0.3 is 5.11 Å². The lowest BCUT2D eigenvalue weighted by Gasteiger charge is -2.32. The van der Waals surface area contributed by atoms with E-state index in [0.29, 0.717) is 0 Å². The predicted octanol–water partition coefficient (Wildman–Crippen LogP) is 2.97. The summed E-state index contributed by atoms with van der Waals surface area (Å²) in [5.41, 5.74) is 2.35. The van der Waals surface area contributed by atoms with Crippen molar-refractivity contribution in [3.8, 4) is 0 Å². The first-order chi connectivity index (χ1) is 9.63. The lowest BCUT2D eigenvalue weighted by Crippen LogP contribution is -2.35. The molecule has 0 amide bonds. The predicted molar refractivity (Wildman–Crippen MR) is 80.7 cm³/mol. The third-order valence-electron chi connectivity index (χ3n) is 3.92. The maximum absolute atomic E-state index is 10.6. The van der Waals surface area contributed by atoms with Gasteiger partial charge in [0.1, 0.15) is 0 Å². The van der Waals surface area contributed by atoms with Gasteiger partial charge in [-0.1, -0.05) is 35.9 Å². The molecule has 1 aliphatic heterocycles. The zero-order valence-electron chi connectivity index (χ0n) is 12.1. The Morgan fingerprint density at radius 1 is 1.30 bits per heavy atom. The van der Waals surface area contributed by atoms with Gasteiger partial charge >= 0.3 is 5.97 Å². The molecule has 0 atom stereocenters. The minimum atomic E-state index is -0.846. The standard InChI is InChI=1S/C17H23NO2/c1-14(11-17(19)20)13-18-9-7-16(8-10-18)12-15-5-3-2-4-6-15/h2-6,11,16H,7-10,12-13H2,1H3,(H,19,20). The summed E-state index contributed by atoms with van der Waals surface area (Å²) in [6.07, 6.45) is 4.89. The molecular weight excluding hydrogens is 250 g/mol. The van der Waals surface area contributed by atoms with E-state index in [1.807, 2.05) is 6.92 Å². The Morgan fingerprint density at radius 2 is 1.95 bits per heavy atom. The number of hydrogen-bond donors (Lipinski definition) is 1. The molecule has 0 spiro atoms. The van der Waals surface area contributed by atoms with Crippen LogP contribution in [-0.4, -0.2) is 35.6 Å². The first kappa shape index (κ1) is 14.8. The molecule has 0 aromatic heterocycles. The van der Waals surface area contributed by atoms with E-state index in [2.05, 4.69) is 35.2 Å². The van der Waals surface area contributed by atoms with Gasteiger partial charge in [-0.15, -0.1) is 0 Å². The molecule has 0 saturated carbocycles. The first-order valence-electron chi connectivity index (χ1n) is 7.30. The van der Waals surface area contributed by atoms with Crippen LogP contribution in [0, 0.1) is 5.92 Å². The third kappa shape index (κ3) is 4.82. The van der Waals surface area contributed by atoms with Crippen molar-refractivity contribution in [1.29, 1.82) is 0 Å². The molecule has 20 heavy (non-hydrogen) atoms. The molecule has 1 aromatic rings. The number of aliphatic carboxylic acids is 1. The number of nitrogens with zero attached hydrogens (tertiary/aromatic N) is 1. The molecule has 1 fully saturated rings. The van der Waals surface area contributed by atoms with Gasteiger partial charge in [0, 0.05) is 12.6 Å². The Balaban J connectivity index is 1.76. The lowest BCUT2D eigenvalue weighted by molar-refractivity contribution is -0.131. The number of piperidine rings is 1. The molecule has 1 aromatic carbocycles. The van der Waals surface area contributed by atoms with E-state index < -0.39 is 5.97 Å². The Morgan fingerprint density at radius 3 is 2.55 bits per heavy atom. The highest BCUT2D eigenvalue weighted by atomic mass is 16.4. The van der Waals surface area contributed by atoms with Crippen molar-refractivity contribution >= 4 is 5.97 Å². The highest BCUT2D eigenvalue weighted by Gasteiger charge is 2.19. The van der Waals surface area contributed by atoms with Crippen molar-refractivity contribution in [2.24, 2.45) is 5.92 Å². The number of likely N-dealkylation sites (tertiary alicyclic amines) is 1. The van der Waals surface area contributed by atoms with Crippen LogP contribution >= 0.6 is 0 Å². The molecule has 0 unspecified atom stereocenters. The van der Waals surface area contributed by atoms with E-state index in [1.54, 1.807) is 0 Å². The van der Waals surface area contributed by atoms with Gasteiger partial charge in [0.2, 0.25) is 0 Å². The van der Waals surface area contributed by atoms with Crippen LogP contribution in [0.15, 0.2) is 42.0 Å². The van der Waals surface area contributed by atoms with E-state index in [9.17, 15) is 4.79 Å². The molecule has 0 bridgehead atoms. The molecule has 1 saturated heterocycles. The minimum absolute atomic E-state index is 0.761. The smallest absolute Gasteiger partial charge is 0.328 e. The summed E-state index contributed by atoms with van der Waals surface area (Å²) in [7, 11) is 0. The van der Waals surface area contributed by atoms with Crippen molar-refractivity contribution in [2.75, 3.05) is 19.6 Å². The minimum Gasteiger partial charge on any atom is -0.478 e. The first-order valence-corrected chi connectivity index (χ1v) is 7.30. The van der Waals surface area contributed by atoms with Crippen molar-refractivity contribution in [1.82, 2.24) is 4.90 Å². The van der Waals surface area contributed by atoms with Crippen LogP contribution in [0.5, 0.6) is 0 Å². The molecule has 2 rings (SSSR count). The number of rotatable bonds is 5. The van der Waals surface area contributed by atoms with E-state index in [0.717, 1.165) is 31.1 Å². The van der Waals surface area contributed by atoms with Gasteiger partial charge in [0.05, 0.1) is 0 Å².